The third kappa shape index (κ3) is 2.95. The van der Waals surface area contributed by atoms with Gasteiger partial charge in [0, 0.05) is 25.2 Å². The Kier molecular flexibility index (Phi) is 4.18. The molecule has 6 nitrogen and oxygen atoms in total. The van der Waals surface area contributed by atoms with E-state index in [-0.39, 0.29) is 17.5 Å². The highest BCUT2D eigenvalue weighted by Gasteiger charge is 2.28. The number of aromatic amines is 1. The number of amides is 1. The molecule has 8 heteroatoms. The van der Waals surface area contributed by atoms with E-state index in [0.717, 1.165) is 41.5 Å². The minimum atomic E-state index is -2.75. The van der Waals surface area contributed by atoms with Gasteiger partial charge in [-0.3, -0.25) is 4.79 Å². The molecule has 1 aromatic carbocycles. The number of likely N-dealkylation sites (tertiary alicyclic amines) is 1. The molecule has 136 valence electrons. The van der Waals surface area contributed by atoms with Gasteiger partial charge in [-0.15, -0.1) is 0 Å². The van der Waals surface area contributed by atoms with Crippen LogP contribution in [0.3, 0.4) is 0 Å². The number of alkyl halides is 2. The van der Waals surface area contributed by atoms with E-state index in [4.69, 9.17) is 4.98 Å². The number of hydrogen-bond acceptors (Lipinski definition) is 3. The molecule has 0 aliphatic carbocycles. The molecule has 0 bridgehead atoms. The maximum atomic E-state index is 12.7. The van der Waals surface area contributed by atoms with Crippen molar-refractivity contribution in [1.82, 2.24) is 24.6 Å². The normalized spacial score (nSPS) is 18.0. The van der Waals surface area contributed by atoms with Crippen LogP contribution in [0.15, 0.2) is 30.5 Å². The van der Waals surface area contributed by atoms with Crippen molar-refractivity contribution in [2.75, 3.05) is 13.1 Å². The molecule has 3 heterocycles. The first-order chi connectivity index (χ1) is 12.5. The molecule has 0 spiro atoms. The number of para-hydroxylation sites is 1. The van der Waals surface area contributed by atoms with E-state index in [1.54, 1.807) is 4.90 Å². The first-order valence-electron chi connectivity index (χ1n) is 8.61. The fourth-order valence-electron chi connectivity index (χ4n) is 3.50. The van der Waals surface area contributed by atoms with Gasteiger partial charge in [0.1, 0.15) is 5.82 Å². The number of aromatic nitrogens is 4. The number of carbonyl (C=O) groups excluding carboxylic acids is 1. The van der Waals surface area contributed by atoms with E-state index in [2.05, 4.69) is 10.1 Å². The zero-order valence-corrected chi connectivity index (χ0v) is 14.3. The number of nitrogens with zero attached hydrogens (tertiary/aromatic N) is 4. The first-order valence-corrected chi connectivity index (χ1v) is 8.61. The highest BCUT2D eigenvalue weighted by atomic mass is 19.3. The van der Waals surface area contributed by atoms with Gasteiger partial charge in [0.2, 0.25) is 0 Å². The Morgan fingerprint density at radius 2 is 2.19 bits per heavy atom. The van der Waals surface area contributed by atoms with Crippen molar-refractivity contribution in [2.24, 2.45) is 0 Å². The Balaban J connectivity index is 1.54. The van der Waals surface area contributed by atoms with Crippen LogP contribution >= 0.6 is 0 Å². The zero-order chi connectivity index (χ0) is 18.3. The summed E-state index contributed by atoms with van der Waals surface area (Å²) in [5, 5.41) is 3.68. The average molecular weight is 359 g/mol. The number of fused-ring (bicyclic) bond motifs is 1. The van der Waals surface area contributed by atoms with Crippen molar-refractivity contribution in [1.29, 1.82) is 0 Å². The minimum Gasteiger partial charge on any atom is -0.342 e. The lowest BCUT2D eigenvalue weighted by Gasteiger charge is -2.31. The maximum absolute atomic E-state index is 12.7. The molecule has 1 atom stereocenters. The summed E-state index contributed by atoms with van der Waals surface area (Å²) in [5.74, 6) is 0.642. The molecule has 26 heavy (non-hydrogen) atoms. The maximum Gasteiger partial charge on any atom is 0.333 e. The molecule has 1 aliphatic rings. The third-order valence-corrected chi connectivity index (χ3v) is 4.86. The summed E-state index contributed by atoms with van der Waals surface area (Å²) in [7, 11) is 0. The van der Waals surface area contributed by atoms with Crippen LogP contribution < -0.4 is 0 Å². The van der Waals surface area contributed by atoms with E-state index >= 15 is 0 Å². The molecule has 1 saturated heterocycles. The third-order valence-electron chi connectivity index (χ3n) is 4.86. The van der Waals surface area contributed by atoms with Crippen molar-refractivity contribution in [3.8, 4) is 0 Å². The highest BCUT2D eigenvalue weighted by Crippen LogP contribution is 2.28. The van der Waals surface area contributed by atoms with Crippen LogP contribution in [0.2, 0.25) is 0 Å². The molecule has 4 rings (SSSR count). The Morgan fingerprint density at radius 3 is 2.92 bits per heavy atom. The van der Waals surface area contributed by atoms with Gasteiger partial charge >= 0.3 is 6.55 Å². The molecule has 2 aromatic heterocycles. The second-order valence-corrected chi connectivity index (χ2v) is 6.64. The number of halogens is 2. The van der Waals surface area contributed by atoms with Crippen LogP contribution in [0.4, 0.5) is 8.78 Å². The van der Waals surface area contributed by atoms with Crippen LogP contribution in [0, 0.1) is 6.92 Å². The number of carbonyl (C=O) groups is 1. The Bertz CT molecular complexity index is 948. The first kappa shape index (κ1) is 16.7. The molecule has 1 N–H and O–H groups in total. The number of benzene rings is 1. The van der Waals surface area contributed by atoms with Gasteiger partial charge in [-0.05, 0) is 37.5 Å². The number of H-pyrrole nitrogens is 1. The number of nitrogens with one attached hydrogen (secondary N) is 1. The van der Waals surface area contributed by atoms with Gasteiger partial charge in [-0.25, -0.2) is 9.67 Å². The Labute approximate surface area is 148 Å². The molecule has 3 aromatic rings. The van der Waals surface area contributed by atoms with E-state index < -0.39 is 6.55 Å². The Morgan fingerprint density at radius 1 is 1.35 bits per heavy atom. The second-order valence-electron chi connectivity index (χ2n) is 6.64. The SMILES string of the molecule is Cc1cccc2[nH]c(C3CCCN(C(=O)c4ccn(C(F)F)n4)C3)nc12. The Hall–Kier alpha value is -2.77. The molecule has 1 aliphatic heterocycles. The second kappa shape index (κ2) is 6.51. The van der Waals surface area contributed by atoms with Crippen LogP contribution in [0.5, 0.6) is 0 Å². The lowest BCUT2D eigenvalue weighted by Crippen LogP contribution is -2.39. The summed E-state index contributed by atoms with van der Waals surface area (Å²) in [5.41, 5.74) is 3.08. The molecule has 1 unspecified atom stereocenters. The zero-order valence-electron chi connectivity index (χ0n) is 14.3. The molecule has 0 radical (unpaired) electrons. The standard InChI is InChI=1S/C18H19F2N5O/c1-11-4-2-6-13-15(11)22-16(21-13)12-5-3-8-24(10-12)17(26)14-7-9-25(23-14)18(19)20/h2,4,6-7,9,12,18H,3,5,8,10H2,1H3,(H,21,22). The number of hydrogen-bond donors (Lipinski definition) is 1. The van der Waals surface area contributed by atoms with Gasteiger partial charge in [0.25, 0.3) is 5.91 Å². The summed E-state index contributed by atoms with van der Waals surface area (Å²) >= 11 is 0. The molecular weight excluding hydrogens is 340 g/mol. The molecule has 1 fully saturated rings. The van der Waals surface area contributed by atoms with Gasteiger partial charge in [0.15, 0.2) is 5.69 Å². The number of aryl methyl sites for hydroxylation is 1. The van der Waals surface area contributed by atoms with E-state index in [0.29, 0.717) is 17.8 Å². The molecular formula is C18H19F2N5O. The van der Waals surface area contributed by atoms with Crippen LogP contribution in [-0.4, -0.2) is 43.6 Å². The summed E-state index contributed by atoms with van der Waals surface area (Å²) < 4.78 is 25.8. The highest BCUT2D eigenvalue weighted by molar-refractivity contribution is 5.92. The predicted octanol–water partition coefficient (Wildman–Crippen LogP) is 3.48. The van der Waals surface area contributed by atoms with Crippen LogP contribution in [0.25, 0.3) is 11.0 Å². The number of piperidine rings is 1. The van der Waals surface area contributed by atoms with Crippen LogP contribution in [-0.2, 0) is 0 Å². The van der Waals surface area contributed by atoms with Crippen molar-refractivity contribution in [3.63, 3.8) is 0 Å². The number of rotatable bonds is 3. The monoisotopic (exact) mass is 359 g/mol. The van der Waals surface area contributed by atoms with E-state index in [9.17, 15) is 13.6 Å². The topological polar surface area (TPSA) is 66.8 Å². The lowest BCUT2D eigenvalue weighted by atomic mass is 9.97. The number of imidazole rings is 1. The average Bonchev–Trinajstić information content (AvgIpc) is 3.29. The summed E-state index contributed by atoms with van der Waals surface area (Å²) in [4.78, 5) is 22.4. The smallest absolute Gasteiger partial charge is 0.333 e. The van der Waals surface area contributed by atoms with Crippen molar-refractivity contribution >= 4 is 16.9 Å². The van der Waals surface area contributed by atoms with E-state index in [1.165, 1.54) is 6.07 Å². The van der Waals surface area contributed by atoms with Crippen molar-refractivity contribution in [3.05, 3.63) is 47.5 Å². The van der Waals surface area contributed by atoms with Crippen molar-refractivity contribution < 1.29 is 13.6 Å². The largest absolute Gasteiger partial charge is 0.342 e. The summed E-state index contributed by atoms with van der Waals surface area (Å²) in [6, 6.07) is 7.32. The van der Waals surface area contributed by atoms with Gasteiger partial charge in [0.05, 0.1) is 11.0 Å². The molecule has 0 saturated carbocycles. The van der Waals surface area contributed by atoms with Gasteiger partial charge in [-0.1, -0.05) is 12.1 Å². The lowest BCUT2D eigenvalue weighted by molar-refractivity contribution is 0.0546. The summed E-state index contributed by atoms with van der Waals surface area (Å²) in [6.45, 7) is 0.364. The van der Waals surface area contributed by atoms with Gasteiger partial charge in [-0.2, -0.15) is 13.9 Å². The van der Waals surface area contributed by atoms with Crippen molar-refractivity contribution in [2.45, 2.75) is 32.2 Å². The van der Waals surface area contributed by atoms with Crippen LogP contribution in [0.1, 0.15) is 47.2 Å². The fourth-order valence-corrected chi connectivity index (χ4v) is 3.50. The molecule has 1 amide bonds. The quantitative estimate of drug-likeness (QED) is 0.778. The fraction of sp³-hybridized carbons (Fsp3) is 0.389. The predicted molar refractivity (Wildman–Crippen MR) is 92.2 cm³/mol. The minimum absolute atomic E-state index is 0.0476. The van der Waals surface area contributed by atoms with E-state index in [1.807, 2.05) is 25.1 Å². The van der Waals surface area contributed by atoms with Gasteiger partial charge < -0.3 is 9.88 Å². The summed E-state index contributed by atoms with van der Waals surface area (Å²) in [6.07, 6.45) is 2.89.